The number of hydrogen-bond donors (Lipinski definition) is 10. The van der Waals surface area contributed by atoms with Gasteiger partial charge in [0.15, 0.2) is 12.6 Å². The molecule has 0 saturated carbocycles. The second-order valence-corrected chi connectivity index (χ2v) is 9.08. The summed E-state index contributed by atoms with van der Waals surface area (Å²) < 4.78 is 0. The summed E-state index contributed by atoms with van der Waals surface area (Å²) in [6.45, 7) is 2.67. The van der Waals surface area contributed by atoms with Crippen LogP contribution < -0.4 is 10.2 Å². The summed E-state index contributed by atoms with van der Waals surface area (Å²) >= 11 is 0. The number of aldehydes is 2. The van der Waals surface area contributed by atoms with Crippen molar-refractivity contribution >= 4 is 24.5 Å². The number of carboxylic acids is 2. The van der Waals surface area contributed by atoms with Crippen LogP contribution in [0.2, 0.25) is 0 Å². The van der Waals surface area contributed by atoms with Crippen LogP contribution in [0.3, 0.4) is 0 Å². The van der Waals surface area contributed by atoms with Gasteiger partial charge in [-0.05, 0) is 25.7 Å². The van der Waals surface area contributed by atoms with Crippen LogP contribution in [0.5, 0.6) is 0 Å². The van der Waals surface area contributed by atoms with Crippen LogP contribution >= 0.6 is 0 Å². The first-order valence-corrected chi connectivity index (χ1v) is 13.6. The molecule has 0 aromatic rings. The molecule has 8 atom stereocenters. The van der Waals surface area contributed by atoms with E-state index in [4.69, 9.17) is 51.1 Å². The number of carbonyl (C=O) groups excluding carboxylic acids is 4. The summed E-state index contributed by atoms with van der Waals surface area (Å²) in [4.78, 5) is 39.5. The van der Waals surface area contributed by atoms with Crippen molar-refractivity contribution in [1.82, 2.24) is 0 Å². The molecule has 1 radical (unpaired) electrons. The molecule has 0 saturated heterocycles. The van der Waals surface area contributed by atoms with E-state index in [1.165, 1.54) is 0 Å². The minimum atomic E-state index is -1.79. The SMILES string of the molecule is CCCCCCC(=O)[O-].CCCCCCC(=O)[O-].O=CC(O)C(O)C(O)C(O)CO.O=CC(O)C(O)C(O)C(O)CO.[Mn+2]. The molecule has 0 bridgehead atoms. The Bertz CT molecular complexity index is 603. The van der Waals surface area contributed by atoms with E-state index in [1.807, 2.05) is 0 Å². The molecular formula is C26H50MnO16. The average Bonchev–Trinajstić information content (AvgIpc) is 2.98. The van der Waals surface area contributed by atoms with Crippen molar-refractivity contribution < 1.29 is 97.5 Å². The van der Waals surface area contributed by atoms with Crippen molar-refractivity contribution in [3.05, 3.63) is 0 Å². The zero-order valence-corrected chi connectivity index (χ0v) is 25.7. The molecule has 0 aliphatic heterocycles. The molecule has 0 aromatic carbocycles. The molecule has 0 fully saturated rings. The molecular weight excluding hydrogens is 623 g/mol. The van der Waals surface area contributed by atoms with Crippen LogP contribution in [-0.2, 0) is 36.2 Å². The van der Waals surface area contributed by atoms with Gasteiger partial charge >= 0.3 is 17.1 Å². The van der Waals surface area contributed by atoms with Crippen LogP contribution in [0, 0.1) is 0 Å². The van der Waals surface area contributed by atoms with Crippen molar-refractivity contribution in [3.63, 3.8) is 0 Å². The number of aliphatic hydroxyl groups is 10. The van der Waals surface area contributed by atoms with E-state index < -0.39 is 74.0 Å². The molecule has 10 N–H and O–H groups in total. The first kappa shape index (κ1) is 51.0. The third-order valence-corrected chi connectivity index (χ3v) is 5.31. The summed E-state index contributed by atoms with van der Waals surface area (Å²) in [5, 5.41) is 107. The van der Waals surface area contributed by atoms with Gasteiger partial charge in [-0.3, -0.25) is 0 Å². The molecule has 8 unspecified atom stereocenters. The van der Waals surface area contributed by atoms with Gasteiger partial charge in [0.2, 0.25) is 0 Å². The fourth-order valence-corrected chi connectivity index (χ4v) is 2.63. The standard InChI is InChI=1S/2C7H14O2.2C6H12O6.Mn/c2*1-2-3-4-5-6-7(8)9;2*7-1-3(9)5(11)6(12)4(10)2-8;/h2*2-6H2,1H3,(H,8,9);2*1,3-6,8-12H,2H2;/q;;;;+2/p-2. The minimum Gasteiger partial charge on any atom is -0.550 e. The largest absolute Gasteiger partial charge is 2.00 e. The summed E-state index contributed by atoms with van der Waals surface area (Å²) in [6, 6.07) is 0. The maximum absolute atomic E-state index is 9.90. The number of carboxylic acid groups (broad SMARTS) is 2. The van der Waals surface area contributed by atoms with Gasteiger partial charge in [-0.25, -0.2) is 0 Å². The van der Waals surface area contributed by atoms with Crippen molar-refractivity contribution in [2.75, 3.05) is 13.2 Å². The molecule has 0 rings (SSSR count). The quantitative estimate of drug-likeness (QED) is 0.0328. The van der Waals surface area contributed by atoms with Gasteiger partial charge < -0.3 is 80.5 Å². The van der Waals surface area contributed by atoms with E-state index in [1.54, 1.807) is 0 Å². The predicted molar refractivity (Wildman–Crippen MR) is 142 cm³/mol. The van der Waals surface area contributed by atoms with Gasteiger partial charge in [-0.1, -0.05) is 52.4 Å². The zero-order valence-electron chi connectivity index (χ0n) is 24.6. The molecule has 43 heavy (non-hydrogen) atoms. The first-order valence-electron chi connectivity index (χ1n) is 13.6. The minimum absolute atomic E-state index is 0. The topological polar surface area (TPSA) is 317 Å². The Morgan fingerprint density at radius 2 is 0.837 bits per heavy atom. The van der Waals surface area contributed by atoms with Gasteiger partial charge in [0, 0.05) is 11.9 Å². The molecule has 0 heterocycles. The van der Waals surface area contributed by atoms with E-state index in [0.29, 0.717) is 0 Å². The van der Waals surface area contributed by atoms with Crippen LogP contribution in [0.25, 0.3) is 0 Å². The maximum Gasteiger partial charge on any atom is 2.00 e. The number of aliphatic carboxylic acids is 2. The molecule has 0 amide bonds. The molecule has 0 aromatic heterocycles. The Kier molecular flexibility index (Phi) is 41.4. The fourth-order valence-electron chi connectivity index (χ4n) is 2.63. The van der Waals surface area contributed by atoms with Gasteiger partial charge in [-0.2, -0.15) is 0 Å². The summed E-state index contributed by atoms with van der Waals surface area (Å²) in [6.07, 6.45) is -5.09. The molecule has 17 heteroatoms. The first-order chi connectivity index (χ1) is 19.6. The van der Waals surface area contributed by atoms with Gasteiger partial charge in [0.25, 0.3) is 0 Å². The molecule has 16 nitrogen and oxygen atoms in total. The third kappa shape index (κ3) is 33.1. The van der Waals surface area contributed by atoms with E-state index in [-0.39, 0.29) is 42.5 Å². The number of hydrogen-bond acceptors (Lipinski definition) is 16. The normalized spacial score (nSPS) is 15.7. The van der Waals surface area contributed by atoms with Crippen molar-refractivity contribution in [2.24, 2.45) is 0 Å². The molecule has 257 valence electrons. The van der Waals surface area contributed by atoms with E-state index in [9.17, 15) is 29.4 Å². The Morgan fingerprint density at radius 1 is 0.558 bits per heavy atom. The van der Waals surface area contributed by atoms with Gasteiger partial charge in [0.1, 0.15) is 48.8 Å². The number of aliphatic hydroxyl groups excluding tert-OH is 10. The van der Waals surface area contributed by atoms with Crippen molar-refractivity contribution in [3.8, 4) is 0 Å². The number of carbonyl (C=O) groups is 4. The second kappa shape index (κ2) is 34.9. The van der Waals surface area contributed by atoms with Crippen LogP contribution in [0.4, 0.5) is 0 Å². The summed E-state index contributed by atoms with van der Waals surface area (Å²) in [5.74, 6) is -1.85. The maximum atomic E-state index is 9.90. The Labute approximate surface area is 262 Å². The van der Waals surface area contributed by atoms with Gasteiger partial charge in [-0.15, -0.1) is 0 Å². The van der Waals surface area contributed by atoms with Crippen LogP contribution in [0.15, 0.2) is 0 Å². The van der Waals surface area contributed by atoms with E-state index in [0.717, 1.165) is 51.4 Å². The smallest absolute Gasteiger partial charge is 0.550 e. The van der Waals surface area contributed by atoms with Crippen LogP contribution in [0.1, 0.15) is 78.1 Å². The third-order valence-electron chi connectivity index (χ3n) is 5.31. The van der Waals surface area contributed by atoms with Crippen molar-refractivity contribution in [1.29, 1.82) is 0 Å². The van der Waals surface area contributed by atoms with E-state index >= 15 is 0 Å². The zero-order chi connectivity index (χ0) is 33.7. The number of rotatable bonds is 20. The van der Waals surface area contributed by atoms with Gasteiger partial charge in [0.05, 0.1) is 13.2 Å². The Morgan fingerprint density at radius 3 is 1.02 bits per heavy atom. The average molecular weight is 674 g/mol. The predicted octanol–water partition coefficient (Wildman–Crippen LogP) is -5.35. The fraction of sp³-hybridized carbons (Fsp3) is 0.846. The monoisotopic (exact) mass is 673 g/mol. The molecule has 0 aliphatic carbocycles. The summed E-state index contributed by atoms with van der Waals surface area (Å²) in [7, 11) is 0. The molecule has 0 aliphatic rings. The molecule has 0 spiro atoms. The van der Waals surface area contributed by atoms with Crippen LogP contribution in [-0.4, -0.2) is 138 Å². The summed E-state index contributed by atoms with van der Waals surface area (Å²) in [5.41, 5.74) is 0. The Balaban J connectivity index is -0.000000150. The van der Waals surface area contributed by atoms with Crippen molar-refractivity contribution in [2.45, 2.75) is 127 Å². The second-order valence-electron chi connectivity index (χ2n) is 9.08. The Hall–Kier alpha value is -1.60. The number of unbranched alkanes of at least 4 members (excludes halogenated alkanes) is 6. The van der Waals surface area contributed by atoms with E-state index in [2.05, 4.69) is 13.8 Å².